The van der Waals surface area contributed by atoms with E-state index in [2.05, 4.69) is 132 Å². The second-order valence-corrected chi connectivity index (χ2v) is 12.9. The summed E-state index contributed by atoms with van der Waals surface area (Å²) in [6.07, 6.45) is 0. The van der Waals surface area contributed by atoms with Gasteiger partial charge >= 0.3 is 0 Å². The largest absolute Gasteiger partial charge is 0.309 e. The summed E-state index contributed by atoms with van der Waals surface area (Å²) < 4.78 is 47.9. The van der Waals surface area contributed by atoms with Crippen LogP contribution in [0.3, 0.4) is 0 Å². The van der Waals surface area contributed by atoms with Gasteiger partial charge in [-0.05, 0) is 68.7 Å². The molecule has 11 aromatic rings. The van der Waals surface area contributed by atoms with Gasteiger partial charge in [0.2, 0.25) is 0 Å². The van der Waals surface area contributed by atoms with Crippen LogP contribution >= 0.6 is 0 Å². The summed E-state index contributed by atoms with van der Waals surface area (Å²) in [5.74, 6) is 0. The predicted octanol–water partition coefficient (Wildman–Crippen LogP) is 13.0. The molecule has 0 spiro atoms. The molecule has 0 fully saturated rings. The third-order valence-electron chi connectivity index (χ3n) is 10.4. The number of aromatic nitrogens is 2. The first kappa shape index (κ1) is 22.8. The molecular weight excluding hydrogens is 605 g/mol. The van der Waals surface area contributed by atoms with Crippen molar-refractivity contribution < 1.29 is 6.85 Å². The van der Waals surface area contributed by atoms with Crippen molar-refractivity contribution in [1.82, 2.24) is 9.13 Å². The maximum Gasteiger partial charge on any atom is 0.0645 e. The Morgan fingerprint density at radius 3 is 1.28 bits per heavy atom. The summed E-state index contributed by atoms with van der Waals surface area (Å²) in [5.41, 5.74) is 6.68. The number of rotatable bonds is 3. The lowest BCUT2D eigenvalue weighted by Gasteiger charge is -2.16. The van der Waals surface area contributed by atoms with Gasteiger partial charge in [-0.3, -0.25) is 0 Å². The standard InChI is InChI=1S/C48H30N2/c1-2-14-31(15-3-1)49-45-26-10-8-20-38(45)40-22-12-24-42(47(40)49)43-25-13-23-41-39-21-9-11-27-46(39)50(48(41)43)32-28-29-37-35-18-5-4-16-33(35)34-17-6-7-19-36(34)44(37)30-32/h1-30H/i1D,2D,3D,14D,15D. The number of benzene rings is 9. The highest BCUT2D eigenvalue weighted by Gasteiger charge is 2.21. The van der Waals surface area contributed by atoms with Gasteiger partial charge in [0, 0.05) is 44.0 Å². The molecule has 0 N–H and O–H groups in total. The van der Waals surface area contributed by atoms with Crippen LogP contribution in [-0.4, -0.2) is 9.13 Å². The van der Waals surface area contributed by atoms with Crippen LogP contribution in [0.5, 0.6) is 0 Å². The summed E-state index contributed by atoms with van der Waals surface area (Å²) in [7, 11) is 0. The van der Waals surface area contributed by atoms with Crippen molar-refractivity contribution >= 4 is 75.9 Å². The summed E-state index contributed by atoms with van der Waals surface area (Å²) in [4.78, 5) is 0. The van der Waals surface area contributed by atoms with Crippen molar-refractivity contribution in [1.29, 1.82) is 0 Å². The Kier molecular flexibility index (Phi) is 4.76. The molecule has 2 heteroatoms. The van der Waals surface area contributed by atoms with Gasteiger partial charge in [-0.15, -0.1) is 0 Å². The third-order valence-corrected chi connectivity index (χ3v) is 10.4. The van der Waals surface area contributed by atoms with E-state index in [9.17, 15) is 0 Å². The van der Waals surface area contributed by atoms with Gasteiger partial charge in [0.15, 0.2) is 0 Å². The van der Waals surface area contributed by atoms with E-state index in [1.165, 1.54) is 32.3 Å². The van der Waals surface area contributed by atoms with Gasteiger partial charge in [-0.25, -0.2) is 0 Å². The molecule has 2 heterocycles. The summed E-state index contributed by atoms with van der Waals surface area (Å²) in [6, 6.07) is 51.4. The maximum atomic E-state index is 9.06. The third kappa shape index (κ3) is 3.73. The highest BCUT2D eigenvalue weighted by molar-refractivity contribution is 6.26. The Balaban J connectivity index is 1.29. The van der Waals surface area contributed by atoms with Crippen molar-refractivity contribution in [2.75, 3.05) is 0 Å². The zero-order chi connectivity index (χ0) is 37.1. The summed E-state index contributed by atoms with van der Waals surface area (Å²) in [5, 5.41) is 11.4. The molecule has 0 radical (unpaired) electrons. The fraction of sp³-hybridized carbons (Fsp3) is 0. The fourth-order valence-corrected chi connectivity index (χ4v) is 8.36. The lowest BCUT2D eigenvalue weighted by molar-refractivity contribution is 1.17. The number of fused-ring (bicyclic) bond motifs is 12. The number of para-hydroxylation sites is 5. The molecule has 0 atom stereocenters. The Bertz CT molecular complexity index is 3380. The first-order chi connectivity index (χ1) is 26.9. The van der Waals surface area contributed by atoms with E-state index < -0.39 is 6.04 Å². The van der Waals surface area contributed by atoms with Gasteiger partial charge in [0.25, 0.3) is 0 Å². The van der Waals surface area contributed by atoms with Crippen LogP contribution in [-0.2, 0) is 0 Å². The molecule has 50 heavy (non-hydrogen) atoms. The molecule has 0 saturated heterocycles. The van der Waals surface area contributed by atoms with Crippen LogP contribution in [0.1, 0.15) is 6.85 Å². The van der Waals surface area contributed by atoms with Crippen molar-refractivity contribution in [3.8, 4) is 22.5 Å². The minimum Gasteiger partial charge on any atom is -0.309 e. The second-order valence-electron chi connectivity index (χ2n) is 12.9. The molecule has 232 valence electrons. The Hall–Kier alpha value is -6.64. The average molecular weight is 640 g/mol. The molecule has 0 unspecified atom stereocenters. The van der Waals surface area contributed by atoms with Crippen LogP contribution in [0.25, 0.3) is 98.4 Å². The van der Waals surface area contributed by atoms with E-state index in [0.29, 0.717) is 0 Å². The lowest BCUT2D eigenvalue weighted by Crippen LogP contribution is -1.98. The van der Waals surface area contributed by atoms with E-state index in [-0.39, 0.29) is 29.9 Å². The molecule has 0 bridgehead atoms. The van der Waals surface area contributed by atoms with Crippen molar-refractivity contribution in [2.45, 2.75) is 0 Å². The Morgan fingerprint density at radius 2 is 0.740 bits per heavy atom. The zero-order valence-corrected chi connectivity index (χ0v) is 26.8. The van der Waals surface area contributed by atoms with Crippen molar-refractivity contribution in [3.05, 3.63) is 182 Å². The fourth-order valence-electron chi connectivity index (χ4n) is 8.36. The van der Waals surface area contributed by atoms with E-state index in [1.807, 2.05) is 28.8 Å². The molecule has 11 rings (SSSR count). The quantitative estimate of drug-likeness (QED) is 0.170. The summed E-state index contributed by atoms with van der Waals surface area (Å²) in [6.45, 7) is 0. The minimum absolute atomic E-state index is 0.131. The van der Waals surface area contributed by atoms with Gasteiger partial charge in [-0.1, -0.05) is 146 Å². The molecule has 0 aliphatic carbocycles. The van der Waals surface area contributed by atoms with E-state index in [4.69, 9.17) is 6.85 Å². The minimum atomic E-state index is -0.412. The molecule has 0 amide bonds. The molecule has 0 aliphatic heterocycles. The van der Waals surface area contributed by atoms with Gasteiger partial charge in [-0.2, -0.15) is 0 Å². The molecule has 2 nitrogen and oxygen atoms in total. The number of hydrogen-bond acceptors (Lipinski definition) is 0. The normalized spacial score (nSPS) is 13.4. The van der Waals surface area contributed by atoms with Gasteiger partial charge < -0.3 is 9.13 Å². The molecule has 0 saturated carbocycles. The van der Waals surface area contributed by atoms with Crippen LogP contribution in [0, 0.1) is 0 Å². The zero-order valence-electron chi connectivity index (χ0n) is 31.8. The molecule has 9 aromatic carbocycles. The van der Waals surface area contributed by atoms with Gasteiger partial charge in [0.1, 0.15) is 0 Å². The predicted molar refractivity (Wildman–Crippen MR) is 213 cm³/mol. The second kappa shape index (κ2) is 10.4. The number of hydrogen-bond donors (Lipinski definition) is 0. The first-order valence-corrected chi connectivity index (χ1v) is 16.9. The SMILES string of the molecule is [2H]c1c([2H])c([2H])c(-n2c3ccccc3c3cccc(-c4cccc5c6ccccc6n(-c6ccc7c8ccccc8c8ccccc8c7c6)c45)c32)c([2H])c1[2H]. The highest BCUT2D eigenvalue weighted by atomic mass is 15.0. The van der Waals surface area contributed by atoms with E-state index in [0.717, 1.165) is 60.4 Å². The average Bonchev–Trinajstić information content (AvgIpc) is 3.76. The van der Waals surface area contributed by atoms with Crippen molar-refractivity contribution in [2.24, 2.45) is 0 Å². The molecular formula is C48H30N2. The van der Waals surface area contributed by atoms with Crippen LogP contribution in [0.2, 0.25) is 0 Å². The van der Waals surface area contributed by atoms with Gasteiger partial charge in [0.05, 0.1) is 28.9 Å². The first-order valence-electron chi connectivity index (χ1n) is 19.4. The monoisotopic (exact) mass is 639 g/mol. The van der Waals surface area contributed by atoms with Crippen LogP contribution in [0.15, 0.2) is 182 Å². The van der Waals surface area contributed by atoms with E-state index in [1.54, 1.807) is 0 Å². The molecule has 0 aliphatic rings. The van der Waals surface area contributed by atoms with Crippen molar-refractivity contribution in [3.63, 3.8) is 0 Å². The Labute approximate surface area is 295 Å². The lowest BCUT2D eigenvalue weighted by atomic mass is 9.94. The Morgan fingerprint density at radius 1 is 0.320 bits per heavy atom. The summed E-state index contributed by atoms with van der Waals surface area (Å²) >= 11 is 0. The van der Waals surface area contributed by atoms with Crippen LogP contribution in [0.4, 0.5) is 0 Å². The van der Waals surface area contributed by atoms with Crippen LogP contribution < -0.4 is 0 Å². The smallest absolute Gasteiger partial charge is 0.0645 e. The topological polar surface area (TPSA) is 9.86 Å². The molecule has 2 aromatic heterocycles. The highest BCUT2D eigenvalue weighted by Crippen LogP contribution is 2.44. The van der Waals surface area contributed by atoms with E-state index >= 15 is 0 Å². The maximum absolute atomic E-state index is 9.06. The number of nitrogens with zero attached hydrogens (tertiary/aromatic N) is 2.